The van der Waals surface area contributed by atoms with Crippen LogP contribution in [0.15, 0.2) is 48.5 Å². The zero-order valence-electron chi connectivity index (χ0n) is 16.0. The normalized spacial score (nSPS) is 11.8. The number of nitrogens with one attached hydrogen (secondary N) is 1. The first-order valence-corrected chi connectivity index (χ1v) is 9.63. The molecule has 1 atom stereocenters. The predicted molar refractivity (Wildman–Crippen MR) is 109 cm³/mol. The molecule has 1 unspecified atom stereocenters. The van der Waals surface area contributed by atoms with E-state index in [4.69, 9.17) is 21.1 Å². The molecule has 29 heavy (non-hydrogen) atoms. The minimum Gasteiger partial charge on any atom is -0.465 e. The van der Waals surface area contributed by atoms with Crippen molar-refractivity contribution in [2.24, 2.45) is 5.92 Å². The van der Waals surface area contributed by atoms with Gasteiger partial charge in [0.1, 0.15) is 5.69 Å². The van der Waals surface area contributed by atoms with Crippen LogP contribution in [-0.2, 0) is 14.3 Å². The highest BCUT2D eigenvalue weighted by Crippen LogP contribution is 2.35. The molecule has 0 aliphatic carbocycles. The van der Waals surface area contributed by atoms with E-state index in [0.717, 1.165) is 0 Å². The molecule has 3 rings (SSSR count). The van der Waals surface area contributed by atoms with E-state index in [2.05, 4.69) is 4.98 Å². The molecule has 3 aromatic rings. The quantitative estimate of drug-likeness (QED) is 0.349. The van der Waals surface area contributed by atoms with Crippen LogP contribution in [0, 0.1) is 5.92 Å². The van der Waals surface area contributed by atoms with Gasteiger partial charge in [0.25, 0.3) is 0 Å². The number of benzene rings is 2. The lowest BCUT2D eigenvalue weighted by molar-refractivity contribution is -0.157. The minimum absolute atomic E-state index is 0.0455. The van der Waals surface area contributed by atoms with Crippen molar-refractivity contribution >= 4 is 40.2 Å². The van der Waals surface area contributed by atoms with Gasteiger partial charge < -0.3 is 14.5 Å². The van der Waals surface area contributed by atoms with Crippen molar-refractivity contribution in [3.63, 3.8) is 0 Å². The molecular formula is C22H20ClNO5. The summed E-state index contributed by atoms with van der Waals surface area (Å²) in [6.07, 6.45) is 0.211. The first-order chi connectivity index (χ1) is 14.0. The fourth-order valence-electron chi connectivity index (χ4n) is 3.00. The van der Waals surface area contributed by atoms with E-state index in [0.29, 0.717) is 21.5 Å². The monoisotopic (exact) mass is 413 g/mol. The Kier molecular flexibility index (Phi) is 6.34. The van der Waals surface area contributed by atoms with Crippen molar-refractivity contribution in [2.75, 3.05) is 6.61 Å². The zero-order valence-corrected chi connectivity index (χ0v) is 16.8. The van der Waals surface area contributed by atoms with Crippen LogP contribution >= 0.6 is 11.6 Å². The molecule has 1 aromatic heterocycles. The van der Waals surface area contributed by atoms with Gasteiger partial charge in [0, 0.05) is 10.9 Å². The maximum atomic E-state index is 13.0. The average molecular weight is 414 g/mol. The summed E-state index contributed by atoms with van der Waals surface area (Å²) in [5.41, 5.74) is 0.983. The smallest absolute Gasteiger partial charge is 0.325 e. The lowest BCUT2D eigenvalue weighted by atomic mass is 10.1. The van der Waals surface area contributed by atoms with E-state index >= 15 is 0 Å². The van der Waals surface area contributed by atoms with Crippen molar-refractivity contribution in [1.29, 1.82) is 0 Å². The Morgan fingerprint density at radius 1 is 1.00 bits per heavy atom. The maximum Gasteiger partial charge on any atom is 0.325 e. The van der Waals surface area contributed by atoms with Gasteiger partial charge in [0.05, 0.1) is 17.1 Å². The van der Waals surface area contributed by atoms with Gasteiger partial charge in [-0.1, -0.05) is 54.9 Å². The van der Waals surface area contributed by atoms with Crippen molar-refractivity contribution in [2.45, 2.75) is 20.3 Å². The number of aromatic amines is 1. The average Bonchev–Trinajstić information content (AvgIpc) is 3.08. The van der Waals surface area contributed by atoms with Crippen LogP contribution in [0.4, 0.5) is 0 Å². The van der Waals surface area contributed by atoms with Crippen molar-refractivity contribution in [3.8, 4) is 5.75 Å². The number of rotatable bonds is 7. The number of H-pyrrole nitrogens is 1. The van der Waals surface area contributed by atoms with Crippen molar-refractivity contribution in [3.05, 3.63) is 64.8 Å². The molecule has 1 N–H and O–H groups in total. The van der Waals surface area contributed by atoms with Crippen LogP contribution in [-0.4, -0.2) is 29.3 Å². The van der Waals surface area contributed by atoms with Crippen LogP contribution in [0.2, 0.25) is 5.02 Å². The summed E-state index contributed by atoms with van der Waals surface area (Å²) in [4.78, 5) is 40.8. The lowest BCUT2D eigenvalue weighted by Gasteiger charge is -2.13. The van der Waals surface area contributed by atoms with Gasteiger partial charge in [-0.3, -0.25) is 14.4 Å². The van der Waals surface area contributed by atoms with Crippen molar-refractivity contribution < 1.29 is 23.9 Å². The van der Waals surface area contributed by atoms with Gasteiger partial charge in [-0.2, -0.15) is 0 Å². The van der Waals surface area contributed by atoms with Gasteiger partial charge in [-0.15, -0.1) is 0 Å². The van der Waals surface area contributed by atoms with E-state index < -0.39 is 17.9 Å². The number of ketones is 1. The largest absolute Gasteiger partial charge is 0.465 e. The van der Waals surface area contributed by atoms with E-state index in [1.807, 2.05) is 0 Å². The number of halogens is 1. The second-order valence-electron chi connectivity index (χ2n) is 6.32. The number of esters is 2. The van der Waals surface area contributed by atoms with Gasteiger partial charge >= 0.3 is 11.9 Å². The summed E-state index contributed by atoms with van der Waals surface area (Å²) < 4.78 is 10.5. The second-order valence-corrected chi connectivity index (χ2v) is 6.73. The highest BCUT2D eigenvalue weighted by molar-refractivity contribution is 6.35. The topological polar surface area (TPSA) is 85.5 Å². The van der Waals surface area contributed by atoms with Crippen LogP contribution in [0.25, 0.3) is 10.9 Å². The summed E-state index contributed by atoms with van der Waals surface area (Å²) in [6, 6.07) is 13.6. The standard InChI is InChI=1S/C22H20ClNO5/c1-3-14(21(26)28-4-2)22(27)29-20-15-11-8-12-16(23)17(15)24-18(20)19(25)13-9-6-5-7-10-13/h5-12,14,24H,3-4H2,1-2H3. The van der Waals surface area contributed by atoms with Crippen LogP contribution in [0.5, 0.6) is 5.75 Å². The fourth-order valence-corrected chi connectivity index (χ4v) is 3.22. The predicted octanol–water partition coefficient (Wildman–Crippen LogP) is 4.55. The molecule has 6 nitrogen and oxygen atoms in total. The summed E-state index contributed by atoms with van der Waals surface area (Å²) in [5, 5.41) is 0.855. The second kappa shape index (κ2) is 8.92. The summed E-state index contributed by atoms with van der Waals surface area (Å²) in [7, 11) is 0. The molecule has 0 amide bonds. The number of hydrogen-bond donors (Lipinski definition) is 1. The third-order valence-corrected chi connectivity index (χ3v) is 4.78. The van der Waals surface area contributed by atoms with Gasteiger partial charge in [-0.25, -0.2) is 0 Å². The van der Waals surface area contributed by atoms with Crippen LogP contribution < -0.4 is 4.74 Å². The number of carbonyl (C=O) groups excluding carboxylic acids is 3. The Balaban J connectivity index is 2.06. The fraction of sp³-hybridized carbons (Fsp3) is 0.227. The molecule has 7 heteroatoms. The van der Waals surface area contributed by atoms with E-state index in [1.165, 1.54) is 0 Å². The molecule has 1 heterocycles. The number of para-hydroxylation sites is 1. The molecule has 150 valence electrons. The molecule has 0 fully saturated rings. The number of carbonyl (C=O) groups is 3. The maximum absolute atomic E-state index is 13.0. The third-order valence-electron chi connectivity index (χ3n) is 4.46. The minimum atomic E-state index is -1.08. The summed E-state index contributed by atoms with van der Waals surface area (Å²) in [5.74, 6) is -2.84. The molecule has 0 aliphatic rings. The Morgan fingerprint density at radius 2 is 1.72 bits per heavy atom. The van der Waals surface area contributed by atoms with Gasteiger partial charge in [-0.05, 0) is 25.5 Å². The van der Waals surface area contributed by atoms with Gasteiger partial charge in [0.2, 0.25) is 5.78 Å². The molecule has 0 bridgehead atoms. The molecule has 0 saturated carbocycles. The number of hydrogen-bond acceptors (Lipinski definition) is 5. The van der Waals surface area contributed by atoms with Gasteiger partial charge in [0.15, 0.2) is 11.7 Å². The molecule has 2 aromatic carbocycles. The Labute approximate surface area is 172 Å². The molecule has 0 radical (unpaired) electrons. The summed E-state index contributed by atoms with van der Waals surface area (Å²) in [6.45, 7) is 3.50. The summed E-state index contributed by atoms with van der Waals surface area (Å²) >= 11 is 6.25. The zero-order chi connectivity index (χ0) is 21.0. The molecule has 0 spiro atoms. The number of fused-ring (bicyclic) bond motifs is 1. The number of aromatic nitrogens is 1. The molecular weight excluding hydrogens is 394 g/mol. The van der Waals surface area contributed by atoms with E-state index in [9.17, 15) is 14.4 Å². The Hall–Kier alpha value is -3.12. The first kappa shape index (κ1) is 20.6. The van der Waals surface area contributed by atoms with Crippen LogP contribution in [0.3, 0.4) is 0 Å². The number of ether oxygens (including phenoxy) is 2. The van der Waals surface area contributed by atoms with E-state index in [1.54, 1.807) is 62.4 Å². The SMILES string of the molecule is CCOC(=O)C(CC)C(=O)Oc1c(C(=O)c2ccccc2)[nH]c2c(Cl)cccc12. The van der Waals surface area contributed by atoms with Crippen LogP contribution in [0.1, 0.15) is 36.3 Å². The van der Waals surface area contributed by atoms with E-state index in [-0.39, 0.29) is 30.3 Å². The molecule has 0 saturated heterocycles. The van der Waals surface area contributed by atoms with Crippen molar-refractivity contribution in [1.82, 2.24) is 4.98 Å². The first-order valence-electron chi connectivity index (χ1n) is 9.26. The third kappa shape index (κ3) is 4.17. The molecule has 0 aliphatic heterocycles. The highest BCUT2D eigenvalue weighted by Gasteiger charge is 2.31. The Morgan fingerprint density at radius 3 is 2.38 bits per heavy atom. The lowest BCUT2D eigenvalue weighted by Crippen LogP contribution is -2.29. The highest BCUT2D eigenvalue weighted by atomic mass is 35.5. The Bertz CT molecular complexity index is 1060.